The van der Waals surface area contributed by atoms with Crippen LogP contribution >= 0.6 is 0 Å². The molecule has 16 heavy (non-hydrogen) atoms. The molecule has 1 unspecified atom stereocenters. The first kappa shape index (κ1) is 11.4. The first-order valence-corrected chi connectivity index (χ1v) is 5.07. The van der Waals surface area contributed by atoms with E-state index in [0.717, 1.165) is 6.07 Å². The van der Waals surface area contributed by atoms with Gasteiger partial charge in [-0.15, -0.1) is 0 Å². The number of morpholine rings is 1. The molecular formula is C11H12F3NO. The quantitative estimate of drug-likeness (QED) is 0.801. The summed E-state index contributed by atoms with van der Waals surface area (Å²) in [4.78, 5) is 0. The molecule has 0 aromatic heterocycles. The van der Waals surface area contributed by atoms with Gasteiger partial charge >= 0.3 is 6.18 Å². The van der Waals surface area contributed by atoms with Crippen molar-refractivity contribution in [1.29, 1.82) is 0 Å². The van der Waals surface area contributed by atoms with Crippen LogP contribution in [0.4, 0.5) is 13.2 Å². The molecule has 2 nitrogen and oxygen atoms in total. The molecule has 1 heterocycles. The summed E-state index contributed by atoms with van der Waals surface area (Å²) in [6, 6.07) is 5.55. The van der Waals surface area contributed by atoms with Crippen LogP contribution in [-0.4, -0.2) is 19.7 Å². The zero-order valence-corrected chi connectivity index (χ0v) is 8.55. The minimum absolute atomic E-state index is 0.210. The normalized spacial score (nSPS) is 22.1. The van der Waals surface area contributed by atoms with Gasteiger partial charge in [-0.2, -0.15) is 13.2 Å². The molecule has 1 aromatic carbocycles. The Labute approximate surface area is 91.4 Å². The second kappa shape index (κ2) is 4.43. The molecule has 5 heteroatoms. The lowest BCUT2D eigenvalue weighted by Gasteiger charge is -2.26. The van der Waals surface area contributed by atoms with Gasteiger partial charge in [-0.25, -0.2) is 0 Å². The van der Waals surface area contributed by atoms with Gasteiger partial charge in [0.05, 0.1) is 18.3 Å². The van der Waals surface area contributed by atoms with Crippen molar-refractivity contribution in [2.45, 2.75) is 12.3 Å². The Morgan fingerprint density at radius 1 is 1.25 bits per heavy atom. The largest absolute Gasteiger partial charge is 0.416 e. The predicted molar refractivity (Wildman–Crippen MR) is 53.0 cm³/mol. The van der Waals surface area contributed by atoms with E-state index in [1.54, 1.807) is 6.07 Å². The third-order valence-electron chi connectivity index (χ3n) is 2.54. The van der Waals surface area contributed by atoms with E-state index in [-0.39, 0.29) is 5.56 Å². The Morgan fingerprint density at radius 2 is 2.00 bits per heavy atom. The first-order valence-electron chi connectivity index (χ1n) is 5.07. The average Bonchev–Trinajstić information content (AvgIpc) is 2.29. The fourth-order valence-electron chi connectivity index (χ4n) is 1.80. The first-order chi connectivity index (χ1) is 7.59. The number of halogens is 3. The molecule has 1 saturated heterocycles. The third kappa shape index (κ3) is 2.36. The summed E-state index contributed by atoms with van der Waals surface area (Å²) in [5.41, 5.74) is -0.397. The molecule has 0 aliphatic carbocycles. The molecule has 0 amide bonds. The van der Waals surface area contributed by atoms with Crippen molar-refractivity contribution in [1.82, 2.24) is 5.32 Å². The Balaban J connectivity index is 2.32. The fraction of sp³-hybridized carbons (Fsp3) is 0.455. The van der Waals surface area contributed by atoms with Gasteiger partial charge in [-0.3, -0.25) is 0 Å². The average molecular weight is 231 g/mol. The summed E-state index contributed by atoms with van der Waals surface area (Å²) in [6.07, 6.45) is -4.83. The van der Waals surface area contributed by atoms with E-state index in [2.05, 4.69) is 5.32 Å². The number of hydrogen-bond acceptors (Lipinski definition) is 2. The highest BCUT2D eigenvalue weighted by Gasteiger charge is 2.35. The van der Waals surface area contributed by atoms with E-state index >= 15 is 0 Å². The Morgan fingerprint density at radius 3 is 2.62 bits per heavy atom. The molecule has 1 atom stereocenters. The van der Waals surface area contributed by atoms with E-state index in [1.165, 1.54) is 12.1 Å². The highest BCUT2D eigenvalue weighted by Crippen LogP contribution is 2.35. The van der Waals surface area contributed by atoms with E-state index in [1.807, 2.05) is 0 Å². The number of alkyl halides is 3. The monoisotopic (exact) mass is 231 g/mol. The van der Waals surface area contributed by atoms with E-state index in [9.17, 15) is 13.2 Å². The number of ether oxygens (including phenoxy) is 1. The predicted octanol–water partition coefficient (Wildman–Crippen LogP) is 2.37. The number of benzene rings is 1. The third-order valence-corrected chi connectivity index (χ3v) is 2.54. The van der Waals surface area contributed by atoms with Gasteiger partial charge < -0.3 is 10.1 Å². The summed E-state index contributed by atoms with van der Waals surface area (Å²) in [5.74, 6) is 0. The van der Waals surface area contributed by atoms with Gasteiger partial charge in [-0.05, 0) is 11.6 Å². The maximum absolute atomic E-state index is 12.7. The lowest BCUT2D eigenvalue weighted by Crippen LogP contribution is -2.34. The van der Waals surface area contributed by atoms with Crippen LogP contribution in [-0.2, 0) is 10.9 Å². The zero-order valence-electron chi connectivity index (χ0n) is 8.55. The molecule has 2 rings (SSSR count). The summed E-state index contributed by atoms with van der Waals surface area (Å²) < 4.78 is 43.5. The molecule has 88 valence electrons. The van der Waals surface area contributed by atoms with Gasteiger partial charge in [0.2, 0.25) is 0 Å². The van der Waals surface area contributed by atoms with Crippen molar-refractivity contribution >= 4 is 0 Å². The Kier molecular flexibility index (Phi) is 3.16. The van der Waals surface area contributed by atoms with Crippen LogP contribution in [0.2, 0.25) is 0 Å². The molecule has 1 N–H and O–H groups in total. The van der Waals surface area contributed by atoms with E-state index < -0.39 is 17.8 Å². The van der Waals surface area contributed by atoms with Crippen LogP contribution in [0.1, 0.15) is 17.2 Å². The molecule has 0 bridgehead atoms. The van der Waals surface area contributed by atoms with Crippen LogP contribution in [0.15, 0.2) is 24.3 Å². The van der Waals surface area contributed by atoms with Gasteiger partial charge in [0.25, 0.3) is 0 Å². The maximum atomic E-state index is 12.7. The molecular weight excluding hydrogens is 219 g/mol. The van der Waals surface area contributed by atoms with Crippen LogP contribution in [0.3, 0.4) is 0 Å². The number of hydrogen-bond donors (Lipinski definition) is 1. The number of nitrogens with one attached hydrogen (secondary N) is 1. The summed E-state index contributed by atoms with van der Waals surface area (Å²) >= 11 is 0. The van der Waals surface area contributed by atoms with Crippen molar-refractivity contribution in [2.75, 3.05) is 19.7 Å². The van der Waals surface area contributed by atoms with Gasteiger partial charge in [0, 0.05) is 13.1 Å². The molecule has 1 fully saturated rings. The molecule has 1 aliphatic rings. The zero-order chi connectivity index (χ0) is 11.6. The summed E-state index contributed by atoms with van der Waals surface area (Å²) in [5, 5.41) is 3.02. The van der Waals surface area contributed by atoms with Crippen LogP contribution < -0.4 is 5.32 Å². The molecule has 1 aromatic rings. The Bertz CT molecular complexity index is 358. The van der Waals surface area contributed by atoms with Crippen molar-refractivity contribution in [3.8, 4) is 0 Å². The minimum Gasteiger partial charge on any atom is -0.371 e. The molecule has 0 saturated carbocycles. The topological polar surface area (TPSA) is 21.3 Å². The molecule has 1 aliphatic heterocycles. The molecule has 0 radical (unpaired) electrons. The van der Waals surface area contributed by atoms with Crippen molar-refractivity contribution in [3.05, 3.63) is 35.4 Å². The van der Waals surface area contributed by atoms with E-state index in [4.69, 9.17) is 4.74 Å². The lowest BCUT2D eigenvalue weighted by molar-refractivity contribution is -0.139. The van der Waals surface area contributed by atoms with Crippen molar-refractivity contribution in [3.63, 3.8) is 0 Å². The maximum Gasteiger partial charge on any atom is 0.416 e. The van der Waals surface area contributed by atoms with Crippen LogP contribution in [0.5, 0.6) is 0 Å². The smallest absolute Gasteiger partial charge is 0.371 e. The second-order valence-electron chi connectivity index (χ2n) is 3.65. The van der Waals surface area contributed by atoms with Gasteiger partial charge in [0.15, 0.2) is 0 Å². The minimum atomic E-state index is -4.32. The highest BCUT2D eigenvalue weighted by atomic mass is 19.4. The van der Waals surface area contributed by atoms with Gasteiger partial charge in [-0.1, -0.05) is 18.2 Å². The van der Waals surface area contributed by atoms with Gasteiger partial charge in [0.1, 0.15) is 0 Å². The van der Waals surface area contributed by atoms with Crippen molar-refractivity contribution < 1.29 is 17.9 Å². The van der Waals surface area contributed by atoms with Crippen molar-refractivity contribution in [2.24, 2.45) is 0 Å². The molecule has 0 spiro atoms. The number of rotatable bonds is 1. The lowest BCUT2D eigenvalue weighted by atomic mass is 10.0. The highest BCUT2D eigenvalue weighted by molar-refractivity contribution is 5.32. The van der Waals surface area contributed by atoms with Crippen LogP contribution in [0, 0.1) is 0 Å². The van der Waals surface area contributed by atoms with E-state index in [0.29, 0.717) is 19.7 Å². The Hall–Kier alpha value is -1.07. The fourth-order valence-corrected chi connectivity index (χ4v) is 1.80. The summed E-state index contributed by atoms with van der Waals surface area (Å²) in [6.45, 7) is 1.55. The standard InChI is InChI=1S/C11H12F3NO/c12-11(13,14)9-4-2-1-3-8(9)10-7-15-5-6-16-10/h1-4,10,15H,5-7H2. The van der Waals surface area contributed by atoms with Crippen LogP contribution in [0.25, 0.3) is 0 Å². The SMILES string of the molecule is FC(F)(F)c1ccccc1C1CNCCO1. The second-order valence-corrected chi connectivity index (χ2v) is 3.65. The summed E-state index contributed by atoms with van der Waals surface area (Å²) in [7, 11) is 0.